The van der Waals surface area contributed by atoms with E-state index in [1.807, 2.05) is 0 Å². The van der Waals surface area contributed by atoms with Gasteiger partial charge in [-0.1, -0.05) is 0 Å². The fraction of sp³-hybridized carbons (Fsp3) is 0.769. The molecule has 0 spiro atoms. The maximum absolute atomic E-state index is 12.1. The highest BCUT2D eigenvalue weighted by molar-refractivity contribution is 5.90. The van der Waals surface area contributed by atoms with E-state index in [2.05, 4.69) is 0 Å². The third-order valence-electron chi connectivity index (χ3n) is 4.75. The van der Waals surface area contributed by atoms with Crippen LogP contribution in [0.4, 0.5) is 0 Å². The second kappa shape index (κ2) is 3.80. The van der Waals surface area contributed by atoms with E-state index in [-0.39, 0.29) is 11.8 Å². The molecule has 4 rings (SSSR count). The van der Waals surface area contributed by atoms with Gasteiger partial charge in [-0.25, -0.2) is 4.79 Å². The van der Waals surface area contributed by atoms with Crippen molar-refractivity contribution in [1.82, 2.24) is 0 Å². The van der Waals surface area contributed by atoms with Gasteiger partial charge in [0.2, 0.25) is 0 Å². The third kappa shape index (κ3) is 1.64. The van der Waals surface area contributed by atoms with Gasteiger partial charge in [0.15, 0.2) is 6.61 Å². The summed E-state index contributed by atoms with van der Waals surface area (Å²) in [6, 6.07) is 0. The molecule has 5 heteroatoms. The molecule has 2 atom stereocenters. The predicted octanol–water partition coefficient (Wildman–Crippen LogP) is 1.01. The Morgan fingerprint density at radius 3 is 2.39 bits per heavy atom. The Labute approximate surface area is 104 Å². The van der Waals surface area contributed by atoms with E-state index in [0.29, 0.717) is 24.5 Å². The molecule has 98 valence electrons. The molecule has 0 saturated heterocycles. The summed E-state index contributed by atoms with van der Waals surface area (Å²) < 4.78 is 4.87. The summed E-state index contributed by atoms with van der Waals surface area (Å²) in [5.41, 5.74) is -0.570. The number of esters is 1. The molecule has 4 saturated carbocycles. The minimum absolute atomic E-state index is 0.00799. The van der Waals surface area contributed by atoms with Gasteiger partial charge < -0.3 is 9.84 Å². The largest absolute Gasteiger partial charge is 0.479 e. The van der Waals surface area contributed by atoms with Crippen molar-refractivity contribution in [3.63, 3.8) is 0 Å². The van der Waals surface area contributed by atoms with Crippen LogP contribution < -0.4 is 0 Å². The lowest BCUT2D eigenvalue weighted by atomic mass is 9.49. The number of hydrogen-bond donors (Lipinski definition) is 1. The summed E-state index contributed by atoms with van der Waals surface area (Å²) in [5.74, 6) is -0.770. The molecule has 0 aliphatic heterocycles. The molecule has 4 aliphatic rings. The SMILES string of the molecule is O=C(O)COC(=O)C12CC3CC(C1)C(=O)C(C3)C2. The van der Waals surface area contributed by atoms with Gasteiger partial charge in [0.05, 0.1) is 5.41 Å². The third-order valence-corrected chi connectivity index (χ3v) is 4.75. The first kappa shape index (κ1) is 11.7. The second-order valence-corrected chi connectivity index (χ2v) is 6.00. The fourth-order valence-corrected chi connectivity index (χ4v) is 4.28. The normalized spacial score (nSPS) is 40.9. The fourth-order valence-electron chi connectivity index (χ4n) is 4.28. The van der Waals surface area contributed by atoms with Crippen LogP contribution in [0.2, 0.25) is 0 Å². The first-order valence-electron chi connectivity index (χ1n) is 6.43. The van der Waals surface area contributed by atoms with Gasteiger partial charge in [-0.2, -0.15) is 0 Å². The highest BCUT2D eigenvalue weighted by Gasteiger charge is 2.59. The number of aliphatic carboxylic acids is 1. The Morgan fingerprint density at radius 1 is 1.22 bits per heavy atom. The maximum atomic E-state index is 12.1. The van der Waals surface area contributed by atoms with Crippen LogP contribution in [0.1, 0.15) is 32.1 Å². The zero-order valence-electron chi connectivity index (χ0n) is 10.1. The quantitative estimate of drug-likeness (QED) is 0.758. The summed E-state index contributed by atoms with van der Waals surface area (Å²) in [5, 5.41) is 8.55. The number of ether oxygens (including phenoxy) is 1. The van der Waals surface area contributed by atoms with Crippen molar-refractivity contribution in [3.8, 4) is 0 Å². The molecule has 0 radical (unpaired) electrons. The summed E-state index contributed by atoms with van der Waals surface area (Å²) in [4.78, 5) is 34.5. The zero-order valence-corrected chi connectivity index (χ0v) is 10.1. The minimum atomic E-state index is -1.14. The lowest BCUT2D eigenvalue weighted by Gasteiger charge is -2.53. The van der Waals surface area contributed by atoms with Crippen LogP contribution in [0.25, 0.3) is 0 Å². The standard InChI is InChI=1S/C13H16O5/c14-10(15)6-18-12(17)13-3-7-1-8(4-13)11(16)9(2-7)5-13/h7-9H,1-6H2,(H,14,15). The van der Waals surface area contributed by atoms with Crippen molar-refractivity contribution in [1.29, 1.82) is 0 Å². The number of Topliss-reactive ketones (excluding diaryl/α,β-unsaturated/α-hetero) is 1. The van der Waals surface area contributed by atoms with E-state index in [9.17, 15) is 14.4 Å². The lowest BCUT2D eigenvalue weighted by Crippen LogP contribution is -2.55. The van der Waals surface area contributed by atoms with Crippen molar-refractivity contribution in [2.24, 2.45) is 23.2 Å². The molecule has 0 amide bonds. The van der Waals surface area contributed by atoms with E-state index in [1.54, 1.807) is 0 Å². The molecule has 0 heterocycles. The van der Waals surface area contributed by atoms with Crippen LogP contribution in [-0.4, -0.2) is 29.4 Å². The number of hydrogen-bond acceptors (Lipinski definition) is 4. The highest BCUT2D eigenvalue weighted by atomic mass is 16.6. The number of carboxylic acids is 1. The monoisotopic (exact) mass is 252 g/mol. The highest BCUT2D eigenvalue weighted by Crippen LogP contribution is 2.58. The lowest BCUT2D eigenvalue weighted by molar-refractivity contribution is -0.178. The molecule has 0 aromatic rings. The number of carbonyl (C=O) groups is 3. The first-order valence-corrected chi connectivity index (χ1v) is 6.43. The Balaban J connectivity index is 1.77. The summed E-state index contributed by atoms with van der Waals surface area (Å²) >= 11 is 0. The molecule has 4 aliphatic carbocycles. The number of rotatable bonds is 3. The predicted molar refractivity (Wildman–Crippen MR) is 59.6 cm³/mol. The van der Waals surface area contributed by atoms with E-state index < -0.39 is 24.0 Å². The van der Waals surface area contributed by atoms with E-state index >= 15 is 0 Å². The second-order valence-electron chi connectivity index (χ2n) is 6.00. The molecule has 2 unspecified atom stereocenters. The summed E-state index contributed by atoms with van der Waals surface area (Å²) in [6.07, 6.45) is 3.72. The minimum Gasteiger partial charge on any atom is -0.479 e. The van der Waals surface area contributed by atoms with E-state index in [0.717, 1.165) is 19.3 Å². The molecule has 18 heavy (non-hydrogen) atoms. The Bertz CT molecular complexity index is 409. The van der Waals surface area contributed by atoms with Crippen molar-refractivity contribution in [3.05, 3.63) is 0 Å². The van der Waals surface area contributed by atoms with Gasteiger partial charge >= 0.3 is 11.9 Å². The van der Waals surface area contributed by atoms with Crippen molar-refractivity contribution >= 4 is 17.7 Å². The smallest absolute Gasteiger partial charge is 0.341 e. The Morgan fingerprint density at radius 2 is 1.83 bits per heavy atom. The maximum Gasteiger partial charge on any atom is 0.341 e. The van der Waals surface area contributed by atoms with E-state index in [4.69, 9.17) is 9.84 Å². The van der Waals surface area contributed by atoms with Gasteiger partial charge in [0.1, 0.15) is 5.78 Å². The Kier molecular flexibility index (Phi) is 2.47. The van der Waals surface area contributed by atoms with Gasteiger partial charge in [-0.15, -0.1) is 0 Å². The van der Waals surface area contributed by atoms with Gasteiger partial charge in [-0.05, 0) is 38.0 Å². The van der Waals surface area contributed by atoms with Crippen LogP contribution in [0.5, 0.6) is 0 Å². The van der Waals surface area contributed by atoms with Crippen LogP contribution in [0, 0.1) is 23.2 Å². The van der Waals surface area contributed by atoms with Crippen LogP contribution >= 0.6 is 0 Å². The van der Waals surface area contributed by atoms with Crippen LogP contribution in [0.3, 0.4) is 0 Å². The van der Waals surface area contributed by atoms with Crippen molar-refractivity contribution in [2.75, 3.05) is 6.61 Å². The number of ketones is 1. The molecular formula is C13H16O5. The van der Waals surface area contributed by atoms with Crippen LogP contribution in [-0.2, 0) is 19.1 Å². The first-order chi connectivity index (χ1) is 8.50. The molecule has 1 N–H and O–H groups in total. The molecule has 5 nitrogen and oxygen atoms in total. The average Bonchev–Trinajstić information content (AvgIpc) is 2.31. The van der Waals surface area contributed by atoms with Gasteiger partial charge in [0.25, 0.3) is 0 Å². The van der Waals surface area contributed by atoms with Gasteiger partial charge in [-0.3, -0.25) is 9.59 Å². The zero-order chi connectivity index (χ0) is 12.9. The number of carbonyl (C=O) groups excluding carboxylic acids is 2. The summed E-state index contributed by atoms with van der Waals surface area (Å²) in [7, 11) is 0. The van der Waals surface area contributed by atoms with Crippen molar-refractivity contribution in [2.45, 2.75) is 32.1 Å². The topological polar surface area (TPSA) is 80.7 Å². The van der Waals surface area contributed by atoms with Crippen LogP contribution in [0.15, 0.2) is 0 Å². The number of carboxylic acid groups (broad SMARTS) is 1. The Hall–Kier alpha value is -1.39. The molecule has 4 bridgehead atoms. The van der Waals surface area contributed by atoms with Gasteiger partial charge in [0, 0.05) is 11.8 Å². The molecule has 0 aromatic carbocycles. The van der Waals surface area contributed by atoms with E-state index in [1.165, 1.54) is 0 Å². The molecular weight excluding hydrogens is 236 g/mol. The van der Waals surface area contributed by atoms with Crippen molar-refractivity contribution < 1.29 is 24.2 Å². The molecule has 4 fully saturated rings. The average molecular weight is 252 g/mol. The summed E-state index contributed by atoms with van der Waals surface area (Å²) in [6.45, 7) is -0.575. The molecule has 0 aromatic heterocycles.